The quantitative estimate of drug-likeness (QED) is 0.901. The highest BCUT2D eigenvalue weighted by Gasteiger charge is 2.16. The van der Waals surface area contributed by atoms with Gasteiger partial charge in [0.05, 0.1) is 11.4 Å². The van der Waals surface area contributed by atoms with E-state index in [1.54, 1.807) is 29.2 Å². The third-order valence-electron chi connectivity index (χ3n) is 2.06. The van der Waals surface area contributed by atoms with Gasteiger partial charge in [-0.1, -0.05) is 0 Å². The first-order valence-corrected chi connectivity index (χ1v) is 5.26. The highest BCUT2D eigenvalue weighted by molar-refractivity contribution is 9.10. The van der Waals surface area contributed by atoms with Crippen LogP contribution in [-0.4, -0.2) is 19.9 Å². The number of aryl methyl sites for hydroxylation is 1. The summed E-state index contributed by atoms with van der Waals surface area (Å²) in [7, 11) is 1.81. The van der Waals surface area contributed by atoms with E-state index < -0.39 is 6.10 Å². The van der Waals surface area contributed by atoms with Gasteiger partial charge in [0.2, 0.25) is 0 Å². The smallest absolute Gasteiger partial charge is 0.141 e. The lowest BCUT2D eigenvalue weighted by molar-refractivity contribution is 0.208. The van der Waals surface area contributed by atoms with Crippen LogP contribution in [0.4, 0.5) is 0 Å². The lowest BCUT2D eigenvalue weighted by Crippen LogP contribution is -2.04. The standard InChI is InChI=1S/C10H10BrN3O/c1-14-6-4-8(13-14)10(15)9-7(11)3-2-5-12-9/h2-6,10,15H,1H3. The van der Waals surface area contributed by atoms with Crippen LogP contribution < -0.4 is 0 Å². The van der Waals surface area contributed by atoms with Crippen molar-refractivity contribution >= 4 is 15.9 Å². The van der Waals surface area contributed by atoms with Crippen molar-refractivity contribution in [3.63, 3.8) is 0 Å². The molecule has 15 heavy (non-hydrogen) atoms. The first-order valence-electron chi connectivity index (χ1n) is 4.46. The van der Waals surface area contributed by atoms with Gasteiger partial charge in [0.25, 0.3) is 0 Å². The summed E-state index contributed by atoms with van der Waals surface area (Å²) in [6.07, 6.45) is 2.64. The van der Waals surface area contributed by atoms with Gasteiger partial charge in [-0.2, -0.15) is 5.10 Å². The maximum absolute atomic E-state index is 10.0. The number of hydrogen-bond donors (Lipinski definition) is 1. The molecule has 0 radical (unpaired) electrons. The van der Waals surface area contributed by atoms with Crippen LogP contribution in [0, 0.1) is 0 Å². The van der Waals surface area contributed by atoms with E-state index in [9.17, 15) is 5.11 Å². The lowest BCUT2D eigenvalue weighted by atomic mass is 10.2. The minimum atomic E-state index is -0.790. The Morgan fingerprint density at radius 3 is 2.87 bits per heavy atom. The Morgan fingerprint density at radius 2 is 2.27 bits per heavy atom. The molecule has 1 N–H and O–H groups in total. The summed E-state index contributed by atoms with van der Waals surface area (Å²) >= 11 is 3.34. The molecule has 0 fully saturated rings. The summed E-state index contributed by atoms with van der Waals surface area (Å²) in [5.74, 6) is 0. The van der Waals surface area contributed by atoms with Crippen LogP contribution in [-0.2, 0) is 7.05 Å². The van der Waals surface area contributed by atoms with Crippen LogP contribution in [0.3, 0.4) is 0 Å². The minimum absolute atomic E-state index is 0.580. The fourth-order valence-electron chi connectivity index (χ4n) is 1.32. The summed E-state index contributed by atoms with van der Waals surface area (Å²) in [6.45, 7) is 0. The number of aromatic nitrogens is 3. The van der Waals surface area contributed by atoms with Gasteiger partial charge in [-0.05, 0) is 34.1 Å². The zero-order valence-electron chi connectivity index (χ0n) is 8.13. The van der Waals surface area contributed by atoms with Crippen LogP contribution in [0.25, 0.3) is 0 Å². The first kappa shape index (κ1) is 10.3. The highest BCUT2D eigenvalue weighted by Crippen LogP contribution is 2.24. The normalized spacial score (nSPS) is 12.7. The van der Waals surface area contributed by atoms with Crippen LogP contribution in [0.2, 0.25) is 0 Å². The van der Waals surface area contributed by atoms with Crippen molar-refractivity contribution in [2.24, 2.45) is 7.05 Å². The van der Waals surface area contributed by atoms with Crippen LogP contribution in [0.5, 0.6) is 0 Å². The SMILES string of the molecule is Cn1ccc(C(O)c2ncccc2Br)n1. The Bertz CT molecular complexity index is 469. The Labute approximate surface area is 95.7 Å². The van der Waals surface area contributed by atoms with E-state index >= 15 is 0 Å². The molecule has 0 spiro atoms. The average molecular weight is 268 g/mol. The summed E-state index contributed by atoms with van der Waals surface area (Å²) in [4.78, 5) is 4.12. The zero-order valence-corrected chi connectivity index (χ0v) is 9.72. The topological polar surface area (TPSA) is 50.9 Å². The molecule has 0 aliphatic rings. The molecule has 1 unspecified atom stereocenters. The summed E-state index contributed by atoms with van der Waals surface area (Å²) in [5.41, 5.74) is 1.17. The van der Waals surface area contributed by atoms with E-state index in [4.69, 9.17) is 0 Å². The van der Waals surface area contributed by atoms with E-state index in [0.717, 1.165) is 4.47 Å². The third kappa shape index (κ3) is 2.08. The average Bonchev–Trinajstić information content (AvgIpc) is 2.65. The Hall–Kier alpha value is -1.20. The summed E-state index contributed by atoms with van der Waals surface area (Å²) in [5, 5.41) is 14.2. The van der Waals surface area contributed by atoms with Crippen LogP contribution >= 0.6 is 15.9 Å². The van der Waals surface area contributed by atoms with Gasteiger partial charge in [-0.15, -0.1) is 0 Å². The van der Waals surface area contributed by atoms with E-state index in [0.29, 0.717) is 11.4 Å². The van der Waals surface area contributed by atoms with Crippen molar-refractivity contribution in [3.8, 4) is 0 Å². The van der Waals surface area contributed by atoms with E-state index in [2.05, 4.69) is 26.0 Å². The predicted octanol–water partition coefficient (Wildman–Crippen LogP) is 1.66. The molecule has 0 aliphatic carbocycles. The lowest BCUT2D eigenvalue weighted by Gasteiger charge is -2.08. The largest absolute Gasteiger partial charge is 0.380 e. The monoisotopic (exact) mass is 267 g/mol. The molecule has 0 aromatic carbocycles. The van der Waals surface area contributed by atoms with Gasteiger partial charge in [0, 0.05) is 23.9 Å². The molecule has 0 amide bonds. The molecule has 2 rings (SSSR count). The third-order valence-corrected chi connectivity index (χ3v) is 2.73. The molecular weight excluding hydrogens is 258 g/mol. The number of hydrogen-bond acceptors (Lipinski definition) is 3. The molecule has 2 aromatic heterocycles. The second kappa shape index (κ2) is 4.12. The van der Waals surface area contributed by atoms with Crippen LogP contribution in [0.15, 0.2) is 35.1 Å². The Kier molecular flexibility index (Phi) is 2.83. The van der Waals surface area contributed by atoms with Crippen molar-refractivity contribution in [1.29, 1.82) is 0 Å². The molecule has 1 atom stereocenters. The molecule has 5 heteroatoms. The highest BCUT2D eigenvalue weighted by atomic mass is 79.9. The van der Waals surface area contributed by atoms with Gasteiger partial charge < -0.3 is 5.11 Å². The molecular formula is C10H10BrN3O. The van der Waals surface area contributed by atoms with Crippen molar-refractivity contribution in [3.05, 3.63) is 46.5 Å². The number of pyridine rings is 1. The summed E-state index contributed by atoms with van der Waals surface area (Å²) < 4.78 is 2.43. The molecule has 78 valence electrons. The molecule has 0 bridgehead atoms. The number of nitrogens with zero attached hydrogens (tertiary/aromatic N) is 3. The first-order chi connectivity index (χ1) is 7.18. The number of rotatable bonds is 2. The van der Waals surface area contributed by atoms with Gasteiger partial charge >= 0.3 is 0 Å². The predicted molar refractivity (Wildman–Crippen MR) is 59.2 cm³/mol. The number of aliphatic hydroxyl groups is 1. The van der Waals surface area contributed by atoms with E-state index in [1.807, 2.05) is 13.1 Å². The second-order valence-corrected chi connectivity index (χ2v) is 4.04. The van der Waals surface area contributed by atoms with Gasteiger partial charge in [-0.25, -0.2) is 0 Å². The molecule has 4 nitrogen and oxygen atoms in total. The fraction of sp³-hybridized carbons (Fsp3) is 0.200. The van der Waals surface area contributed by atoms with Crippen molar-refractivity contribution in [1.82, 2.24) is 14.8 Å². The van der Waals surface area contributed by atoms with Gasteiger partial charge in [0.15, 0.2) is 0 Å². The maximum Gasteiger partial charge on any atom is 0.141 e. The molecule has 0 aliphatic heterocycles. The van der Waals surface area contributed by atoms with Gasteiger partial charge in [0.1, 0.15) is 6.10 Å². The number of aliphatic hydroxyl groups excluding tert-OH is 1. The van der Waals surface area contributed by atoms with E-state index in [-0.39, 0.29) is 0 Å². The fourth-order valence-corrected chi connectivity index (χ4v) is 1.79. The number of halogens is 1. The zero-order chi connectivity index (χ0) is 10.8. The summed E-state index contributed by atoms with van der Waals surface area (Å²) in [6, 6.07) is 5.42. The van der Waals surface area contributed by atoms with E-state index in [1.165, 1.54) is 0 Å². The minimum Gasteiger partial charge on any atom is -0.380 e. The van der Waals surface area contributed by atoms with Crippen LogP contribution in [0.1, 0.15) is 17.5 Å². The van der Waals surface area contributed by atoms with Crippen molar-refractivity contribution in [2.45, 2.75) is 6.10 Å². The molecule has 2 heterocycles. The van der Waals surface area contributed by atoms with Gasteiger partial charge in [-0.3, -0.25) is 9.67 Å². The molecule has 0 saturated heterocycles. The van der Waals surface area contributed by atoms with Crippen molar-refractivity contribution < 1.29 is 5.11 Å². The Balaban J connectivity index is 2.36. The molecule has 2 aromatic rings. The second-order valence-electron chi connectivity index (χ2n) is 3.19. The molecule has 0 saturated carbocycles. The Morgan fingerprint density at radius 1 is 1.47 bits per heavy atom. The van der Waals surface area contributed by atoms with Crippen molar-refractivity contribution in [2.75, 3.05) is 0 Å². The maximum atomic E-state index is 10.0.